The molecule has 0 saturated heterocycles. The lowest BCUT2D eigenvalue weighted by Gasteiger charge is -2.38. The summed E-state index contributed by atoms with van der Waals surface area (Å²) in [5, 5.41) is 22.1. The summed E-state index contributed by atoms with van der Waals surface area (Å²) in [6, 6.07) is 0. The second-order valence-electron chi connectivity index (χ2n) is 8.92. The van der Waals surface area contributed by atoms with Crippen LogP contribution in [0.15, 0.2) is 22.8 Å². The molecule has 24 heavy (non-hydrogen) atoms. The molecule has 1 saturated carbocycles. The first kappa shape index (κ1) is 18.2. The number of hydrogen-bond acceptors (Lipinski definition) is 3. The number of allylic oxidation sites excluding steroid dienone is 2. The fraction of sp³-hybridized carbons (Fsp3) is 0.810. The topological polar surface area (TPSA) is 49.7 Å². The van der Waals surface area contributed by atoms with Crippen LogP contribution in [-0.4, -0.2) is 35.6 Å². The van der Waals surface area contributed by atoms with Gasteiger partial charge in [0.1, 0.15) is 5.60 Å². The first-order valence-corrected chi connectivity index (χ1v) is 9.57. The van der Waals surface area contributed by atoms with Crippen molar-refractivity contribution in [2.75, 3.05) is 13.7 Å². The summed E-state index contributed by atoms with van der Waals surface area (Å²) in [4.78, 5) is 0. The van der Waals surface area contributed by atoms with E-state index in [1.54, 1.807) is 7.11 Å². The lowest BCUT2D eigenvalue weighted by Crippen LogP contribution is -2.38. The molecule has 2 N–H and O–H groups in total. The zero-order valence-corrected chi connectivity index (χ0v) is 15.9. The quantitative estimate of drug-likeness (QED) is 0.771. The van der Waals surface area contributed by atoms with Gasteiger partial charge >= 0.3 is 0 Å². The lowest BCUT2D eigenvalue weighted by atomic mass is 9.69. The van der Waals surface area contributed by atoms with Crippen LogP contribution in [-0.2, 0) is 4.74 Å². The van der Waals surface area contributed by atoms with Gasteiger partial charge in [-0.25, -0.2) is 0 Å². The molecule has 3 aliphatic rings. The third kappa shape index (κ3) is 2.79. The summed E-state index contributed by atoms with van der Waals surface area (Å²) < 4.78 is 5.35. The number of aliphatic hydroxyl groups excluding tert-OH is 1. The number of hydrogen-bond donors (Lipinski definition) is 2. The molecular weight excluding hydrogens is 300 g/mol. The number of fused-ring (bicyclic) bond motifs is 2. The Morgan fingerprint density at radius 2 is 2.04 bits per heavy atom. The standard InChI is InChI=1S/C21H34O3/c1-13(2)15-6-8-20(4)11-18-16(7-9-21(18,23)12-24-5)14(3)19(22)10-17(15)20/h11,13-14,16,19,22-23H,6-10,12H2,1-5H3/b18-11+/t14-,16+,19?,20-,21?/m1/s1. The molecule has 136 valence electrons. The summed E-state index contributed by atoms with van der Waals surface area (Å²) in [6.45, 7) is 9.32. The van der Waals surface area contributed by atoms with Gasteiger partial charge in [0.15, 0.2) is 0 Å². The van der Waals surface area contributed by atoms with Crippen molar-refractivity contribution in [3.05, 3.63) is 22.8 Å². The smallest absolute Gasteiger partial charge is 0.109 e. The Balaban J connectivity index is 2.12. The number of methoxy groups -OCH3 is 1. The molecule has 2 unspecified atom stereocenters. The third-order valence-electron chi connectivity index (χ3n) is 7.01. The highest BCUT2D eigenvalue weighted by atomic mass is 16.5. The SMILES string of the molecule is COCC1(O)CC[C@@H]2/C1=C\[C@@]1(C)CCC(C(C)C)=C1CC(O)[C@@H]2C. The Labute approximate surface area is 146 Å². The van der Waals surface area contributed by atoms with Crippen molar-refractivity contribution >= 4 is 0 Å². The molecule has 3 aliphatic carbocycles. The van der Waals surface area contributed by atoms with Gasteiger partial charge in [0, 0.05) is 12.5 Å². The monoisotopic (exact) mass is 334 g/mol. The van der Waals surface area contributed by atoms with E-state index in [0.717, 1.165) is 37.7 Å². The van der Waals surface area contributed by atoms with Gasteiger partial charge in [0.2, 0.25) is 0 Å². The maximum atomic E-state index is 11.2. The van der Waals surface area contributed by atoms with Crippen LogP contribution in [0.2, 0.25) is 0 Å². The number of aliphatic hydroxyl groups is 2. The number of rotatable bonds is 3. The highest BCUT2D eigenvalue weighted by molar-refractivity contribution is 5.40. The van der Waals surface area contributed by atoms with Crippen molar-refractivity contribution in [3.63, 3.8) is 0 Å². The van der Waals surface area contributed by atoms with Crippen molar-refractivity contribution in [1.29, 1.82) is 0 Å². The minimum absolute atomic E-state index is 0.0274. The van der Waals surface area contributed by atoms with Gasteiger partial charge in [-0.1, -0.05) is 44.9 Å². The van der Waals surface area contributed by atoms with Crippen molar-refractivity contribution in [3.8, 4) is 0 Å². The van der Waals surface area contributed by atoms with Crippen LogP contribution < -0.4 is 0 Å². The minimum atomic E-state index is -0.862. The molecule has 0 aromatic rings. The Bertz CT molecular complexity index is 561. The first-order chi connectivity index (χ1) is 11.2. The largest absolute Gasteiger partial charge is 0.392 e. The fourth-order valence-electron chi connectivity index (χ4n) is 5.45. The van der Waals surface area contributed by atoms with Gasteiger partial charge in [-0.05, 0) is 55.4 Å². The molecule has 0 aliphatic heterocycles. The first-order valence-electron chi connectivity index (χ1n) is 9.57. The van der Waals surface area contributed by atoms with Crippen LogP contribution in [0.5, 0.6) is 0 Å². The Morgan fingerprint density at radius 1 is 1.33 bits per heavy atom. The molecule has 3 nitrogen and oxygen atoms in total. The molecule has 3 rings (SSSR count). The Kier molecular flexibility index (Phi) is 4.74. The van der Waals surface area contributed by atoms with Crippen LogP contribution in [0.25, 0.3) is 0 Å². The van der Waals surface area contributed by atoms with Gasteiger partial charge < -0.3 is 14.9 Å². The molecule has 0 radical (unpaired) electrons. The van der Waals surface area contributed by atoms with Gasteiger partial charge in [-0.15, -0.1) is 0 Å². The minimum Gasteiger partial charge on any atom is -0.392 e. The van der Waals surface area contributed by atoms with Crippen LogP contribution in [0.4, 0.5) is 0 Å². The molecule has 0 amide bonds. The van der Waals surface area contributed by atoms with E-state index < -0.39 is 5.60 Å². The average molecular weight is 335 g/mol. The second-order valence-corrected chi connectivity index (χ2v) is 8.92. The van der Waals surface area contributed by atoms with Crippen molar-refractivity contribution in [1.82, 2.24) is 0 Å². The molecule has 0 aromatic heterocycles. The summed E-state index contributed by atoms with van der Waals surface area (Å²) in [7, 11) is 1.66. The summed E-state index contributed by atoms with van der Waals surface area (Å²) in [5.41, 5.74) is 3.18. The van der Waals surface area contributed by atoms with Gasteiger partial charge in [-0.2, -0.15) is 0 Å². The van der Waals surface area contributed by atoms with Crippen molar-refractivity contribution in [2.45, 2.75) is 71.5 Å². The number of ether oxygens (including phenoxy) is 1. The Hall–Kier alpha value is -0.640. The molecule has 0 aromatic carbocycles. The molecule has 5 atom stereocenters. The normalized spacial score (nSPS) is 44.8. The van der Waals surface area contributed by atoms with Crippen molar-refractivity contribution in [2.24, 2.45) is 23.2 Å². The van der Waals surface area contributed by atoms with Crippen molar-refractivity contribution < 1.29 is 14.9 Å². The van der Waals surface area contributed by atoms with Gasteiger partial charge in [0.05, 0.1) is 12.7 Å². The van der Waals surface area contributed by atoms with E-state index in [2.05, 4.69) is 33.8 Å². The second kappa shape index (κ2) is 6.26. The van der Waals surface area contributed by atoms with Gasteiger partial charge in [0.25, 0.3) is 0 Å². The van der Waals surface area contributed by atoms with Crippen LogP contribution in [0, 0.1) is 23.2 Å². The van der Waals surface area contributed by atoms with Crippen LogP contribution in [0.1, 0.15) is 59.8 Å². The molecular formula is C21H34O3. The predicted molar refractivity (Wildman–Crippen MR) is 96.6 cm³/mol. The maximum Gasteiger partial charge on any atom is 0.109 e. The molecule has 3 heteroatoms. The van der Waals surface area contributed by atoms with Gasteiger partial charge in [-0.3, -0.25) is 0 Å². The van der Waals surface area contributed by atoms with E-state index >= 15 is 0 Å². The van der Waals surface area contributed by atoms with E-state index in [4.69, 9.17) is 4.74 Å². The fourth-order valence-corrected chi connectivity index (χ4v) is 5.45. The lowest BCUT2D eigenvalue weighted by molar-refractivity contribution is -0.00113. The zero-order valence-electron chi connectivity index (χ0n) is 15.9. The van der Waals surface area contributed by atoms with Crippen LogP contribution in [0.3, 0.4) is 0 Å². The maximum absolute atomic E-state index is 11.2. The molecule has 0 bridgehead atoms. The average Bonchev–Trinajstić information content (AvgIpc) is 2.98. The van der Waals surface area contributed by atoms with E-state index in [9.17, 15) is 10.2 Å². The molecule has 0 heterocycles. The summed E-state index contributed by atoms with van der Waals surface area (Å²) in [5.74, 6) is 0.967. The highest BCUT2D eigenvalue weighted by Crippen LogP contribution is 2.55. The van der Waals surface area contributed by atoms with Crippen LogP contribution >= 0.6 is 0 Å². The highest BCUT2D eigenvalue weighted by Gasteiger charge is 2.49. The zero-order chi connectivity index (χ0) is 17.7. The third-order valence-corrected chi connectivity index (χ3v) is 7.01. The Morgan fingerprint density at radius 3 is 2.67 bits per heavy atom. The van der Waals surface area contributed by atoms with E-state index in [0.29, 0.717) is 12.5 Å². The van der Waals surface area contributed by atoms with E-state index in [1.807, 2.05) is 0 Å². The van der Waals surface area contributed by atoms with E-state index in [-0.39, 0.29) is 23.4 Å². The van der Waals surface area contributed by atoms with E-state index in [1.165, 1.54) is 11.1 Å². The summed E-state index contributed by atoms with van der Waals surface area (Å²) in [6.07, 6.45) is 6.71. The molecule has 0 spiro atoms. The predicted octanol–water partition coefficient (Wildman–Crippen LogP) is 3.85. The summed E-state index contributed by atoms with van der Waals surface area (Å²) >= 11 is 0. The molecule has 1 fully saturated rings.